The van der Waals surface area contributed by atoms with Gasteiger partial charge >= 0.3 is 5.63 Å². The molecule has 0 amide bonds. The van der Waals surface area contributed by atoms with Gasteiger partial charge in [-0.25, -0.2) is 13.2 Å². The summed E-state index contributed by atoms with van der Waals surface area (Å²) in [6.45, 7) is 10.4. The maximum atomic E-state index is 12.6. The molecule has 2 aromatic carbocycles. The summed E-state index contributed by atoms with van der Waals surface area (Å²) in [7, 11) is -1.95. The zero-order valence-electron chi connectivity index (χ0n) is 18.9. The van der Waals surface area contributed by atoms with Crippen molar-refractivity contribution < 1.29 is 12.8 Å². The van der Waals surface area contributed by atoms with Crippen LogP contribution < -0.4 is 10.9 Å². The fraction of sp³-hybridized carbons (Fsp3) is 0.375. The molecule has 6 nitrogen and oxygen atoms in total. The molecule has 1 heterocycles. The first kappa shape index (κ1) is 23.0. The summed E-state index contributed by atoms with van der Waals surface area (Å²) in [5, 5.41) is 4.19. The molecule has 0 atom stereocenters. The van der Waals surface area contributed by atoms with Gasteiger partial charge in [0.2, 0.25) is 10.0 Å². The average Bonchev–Trinajstić information content (AvgIpc) is 2.70. The molecule has 1 aromatic heterocycles. The standard InChI is InChI=1S/C24H30N2O4S/c1-15(2)21-13-22-18(12-24(27)30-23(22)11-17(21)5)14-25-19-7-9-20(10-8-19)31(28,29)26(6)16(3)4/h7-13,15-16,25H,14H2,1-6H3. The zero-order chi connectivity index (χ0) is 22.9. The van der Waals surface area contributed by atoms with Crippen LogP contribution in [-0.2, 0) is 16.6 Å². The van der Waals surface area contributed by atoms with Crippen LogP contribution in [0.4, 0.5) is 5.69 Å². The molecule has 166 valence electrons. The molecule has 0 aliphatic rings. The molecule has 0 fully saturated rings. The SMILES string of the molecule is Cc1cc2oc(=O)cc(CNc3ccc(S(=O)(=O)N(C)C(C)C)cc3)c2cc1C(C)C. The van der Waals surface area contributed by atoms with Crippen molar-refractivity contribution >= 4 is 26.7 Å². The van der Waals surface area contributed by atoms with Crippen molar-refractivity contribution in [3.05, 3.63) is 69.6 Å². The van der Waals surface area contributed by atoms with Crippen LogP contribution in [0.2, 0.25) is 0 Å². The second-order valence-corrected chi connectivity index (χ2v) is 10.4. The van der Waals surface area contributed by atoms with Crippen molar-refractivity contribution in [2.75, 3.05) is 12.4 Å². The number of hydrogen-bond acceptors (Lipinski definition) is 5. The third-order valence-corrected chi connectivity index (χ3v) is 7.63. The summed E-state index contributed by atoms with van der Waals surface area (Å²) in [4.78, 5) is 12.3. The van der Waals surface area contributed by atoms with Gasteiger partial charge in [0.05, 0.1) is 4.90 Å². The van der Waals surface area contributed by atoms with E-state index in [1.807, 2.05) is 26.8 Å². The van der Waals surface area contributed by atoms with Crippen molar-refractivity contribution in [3.8, 4) is 0 Å². The predicted molar refractivity (Wildman–Crippen MR) is 125 cm³/mol. The molecule has 0 spiro atoms. The number of fused-ring (bicyclic) bond motifs is 1. The molecule has 0 aliphatic heterocycles. The Morgan fingerprint density at radius 3 is 2.26 bits per heavy atom. The number of hydrogen-bond donors (Lipinski definition) is 1. The van der Waals surface area contributed by atoms with E-state index < -0.39 is 10.0 Å². The van der Waals surface area contributed by atoms with Crippen LogP contribution in [0.1, 0.15) is 50.3 Å². The first-order chi connectivity index (χ1) is 14.5. The van der Waals surface area contributed by atoms with E-state index in [0.29, 0.717) is 18.0 Å². The number of nitrogens with zero attached hydrogens (tertiary/aromatic N) is 1. The molecule has 31 heavy (non-hydrogen) atoms. The molecule has 0 radical (unpaired) electrons. The van der Waals surface area contributed by atoms with Gasteiger partial charge in [-0.05, 0) is 79.8 Å². The van der Waals surface area contributed by atoms with Gasteiger partial charge in [-0.15, -0.1) is 0 Å². The number of benzene rings is 2. The van der Waals surface area contributed by atoms with Crippen LogP contribution in [0, 0.1) is 6.92 Å². The van der Waals surface area contributed by atoms with Gasteiger partial charge < -0.3 is 9.73 Å². The predicted octanol–water partition coefficient (Wildman–Crippen LogP) is 4.87. The minimum Gasteiger partial charge on any atom is -0.423 e. The first-order valence-electron chi connectivity index (χ1n) is 10.4. The van der Waals surface area contributed by atoms with Crippen LogP contribution in [0.5, 0.6) is 0 Å². The highest BCUT2D eigenvalue weighted by molar-refractivity contribution is 7.89. The van der Waals surface area contributed by atoms with Gasteiger partial charge in [0.1, 0.15) is 5.58 Å². The Morgan fingerprint density at radius 2 is 1.68 bits per heavy atom. The van der Waals surface area contributed by atoms with Gasteiger partial charge in [-0.3, -0.25) is 0 Å². The van der Waals surface area contributed by atoms with Crippen LogP contribution in [0.25, 0.3) is 11.0 Å². The smallest absolute Gasteiger partial charge is 0.336 e. The maximum absolute atomic E-state index is 12.6. The number of aryl methyl sites for hydroxylation is 1. The van der Waals surface area contributed by atoms with E-state index in [1.54, 1.807) is 31.3 Å². The number of nitrogens with one attached hydrogen (secondary N) is 1. The van der Waals surface area contributed by atoms with Gasteiger partial charge in [0.15, 0.2) is 0 Å². The molecular formula is C24H30N2O4S. The van der Waals surface area contributed by atoms with E-state index in [4.69, 9.17) is 4.42 Å². The average molecular weight is 443 g/mol. The largest absolute Gasteiger partial charge is 0.423 e. The molecule has 0 bridgehead atoms. The monoisotopic (exact) mass is 442 g/mol. The molecule has 3 aromatic rings. The Labute approximate surface area is 183 Å². The van der Waals surface area contributed by atoms with Crippen molar-refractivity contribution in [2.45, 2.75) is 58.0 Å². The molecule has 0 unspecified atom stereocenters. The summed E-state index contributed by atoms with van der Waals surface area (Å²) >= 11 is 0. The summed E-state index contributed by atoms with van der Waals surface area (Å²) in [5.74, 6) is 0.357. The molecule has 0 saturated heterocycles. The molecular weight excluding hydrogens is 412 g/mol. The first-order valence-corrected chi connectivity index (χ1v) is 11.8. The van der Waals surface area contributed by atoms with Crippen molar-refractivity contribution in [1.82, 2.24) is 4.31 Å². The van der Waals surface area contributed by atoms with E-state index in [0.717, 1.165) is 22.2 Å². The minimum absolute atomic E-state index is 0.125. The minimum atomic E-state index is -3.52. The van der Waals surface area contributed by atoms with E-state index >= 15 is 0 Å². The van der Waals surface area contributed by atoms with Crippen LogP contribution in [0.3, 0.4) is 0 Å². The highest BCUT2D eigenvalue weighted by Gasteiger charge is 2.22. The van der Waals surface area contributed by atoms with Crippen molar-refractivity contribution in [2.24, 2.45) is 0 Å². The lowest BCUT2D eigenvalue weighted by Crippen LogP contribution is -2.33. The summed E-state index contributed by atoms with van der Waals surface area (Å²) in [5.41, 5.74) is 4.10. The molecule has 3 rings (SSSR count). The number of rotatable bonds is 7. The topological polar surface area (TPSA) is 79.6 Å². The van der Waals surface area contributed by atoms with Crippen molar-refractivity contribution in [1.29, 1.82) is 0 Å². The fourth-order valence-corrected chi connectivity index (χ4v) is 4.91. The second-order valence-electron chi connectivity index (χ2n) is 8.44. The third-order valence-electron chi connectivity index (χ3n) is 5.58. The van der Waals surface area contributed by atoms with Crippen LogP contribution in [0.15, 0.2) is 56.6 Å². The van der Waals surface area contributed by atoms with Gasteiger partial charge in [-0.2, -0.15) is 4.31 Å². The van der Waals surface area contributed by atoms with Crippen LogP contribution in [-0.4, -0.2) is 25.8 Å². The van der Waals surface area contributed by atoms with Crippen molar-refractivity contribution in [3.63, 3.8) is 0 Å². The van der Waals surface area contributed by atoms with Gasteiger partial charge in [-0.1, -0.05) is 13.8 Å². The maximum Gasteiger partial charge on any atom is 0.336 e. The Morgan fingerprint density at radius 1 is 1.03 bits per heavy atom. The highest BCUT2D eigenvalue weighted by Crippen LogP contribution is 2.27. The normalized spacial score (nSPS) is 12.3. The van der Waals surface area contributed by atoms with E-state index in [1.165, 1.54) is 15.9 Å². The van der Waals surface area contributed by atoms with E-state index in [2.05, 4.69) is 25.2 Å². The quantitative estimate of drug-likeness (QED) is 0.528. The Hall–Kier alpha value is -2.64. The molecule has 7 heteroatoms. The zero-order valence-corrected chi connectivity index (χ0v) is 19.7. The Balaban J connectivity index is 1.87. The van der Waals surface area contributed by atoms with Gasteiger partial charge in [0.25, 0.3) is 0 Å². The highest BCUT2D eigenvalue weighted by atomic mass is 32.2. The Kier molecular flexibility index (Phi) is 6.57. The molecule has 0 aliphatic carbocycles. The van der Waals surface area contributed by atoms with E-state index in [9.17, 15) is 13.2 Å². The number of sulfonamides is 1. The molecule has 0 saturated carbocycles. The van der Waals surface area contributed by atoms with E-state index in [-0.39, 0.29) is 16.6 Å². The number of anilines is 1. The fourth-order valence-electron chi connectivity index (χ4n) is 3.55. The lowest BCUT2D eigenvalue weighted by molar-refractivity contribution is 0.410. The summed E-state index contributed by atoms with van der Waals surface area (Å²) < 4.78 is 32.0. The summed E-state index contributed by atoms with van der Waals surface area (Å²) in [6, 6.07) is 12.0. The second kappa shape index (κ2) is 8.85. The Bertz CT molecular complexity index is 1240. The lowest BCUT2D eigenvalue weighted by Gasteiger charge is -2.21. The van der Waals surface area contributed by atoms with Gasteiger partial charge in [0, 0.05) is 36.8 Å². The third kappa shape index (κ3) is 4.83. The lowest BCUT2D eigenvalue weighted by atomic mass is 9.95. The summed E-state index contributed by atoms with van der Waals surface area (Å²) in [6.07, 6.45) is 0. The van der Waals surface area contributed by atoms with Crippen LogP contribution >= 0.6 is 0 Å². The molecule has 1 N–H and O–H groups in total.